The maximum absolute atomic E-state index is 12.1. The molecule has 1 heterocycles. The summed E-state index contributed by atoms with van der Waals surface area (Å²) >= 11 is 0. The molecule has 2 N–H and O–H groups in total. The molecule has 1 aliphatic rings. The molecular formula is C22H27N3O2. The molecule has 27 heavy (non-hydrogen) atoms. The Hall–Kier alpha value is -2.82. The number of carbonyl (C=O) groups is 2. The number of benzene rings is 2. The monoisotopic (exact) mass is 365 g/mol. The maximum Gasteiger partial charge on any atom is 0.233 e. The lowest BCUT2D eigenvalue weighted by atomic mass is 10.1. The molecule has 142 valence electrons. The van der Waals surface area contributed by atoms with Gasteiger partial charge in [0.1, 0.15) is 6.42 Å². The van der Waals surface area contributed by atoms with Crippen LogP contribution >= 0.6 is 0 Å². The van der Waals surface area contributed by atoms with Gasteiger partial charge in [0.15, 0.2) is 0 Å². The molecule has 5 nitrogen and oxygen atoms in total. The number of piperidine rings is 1. The average Bonchev–Trinajstić information content (AvgIpc) is 2.69. The van der Waals surface area contributed by atoms with Gasteiger partial charge in [-0.25, -0.2) is 0 Å². The van der Waals surface area contributed by atoms with Crippen molar-refractivity contribution in [1.29, 1.82) is 0 Å². The first-order chi connectivity index (χ1) is 13.1. The minimum atomic E-state index is -0.304. The second-order valence-electron chi connectivity index (χ2n) is 7.08. The fraction of sp³-hybridized carbons (Fsp3) is 0.364. The van der Waals surface area contributed by atoms with E-state index in [1.807, 2.05) is 55.5 Å². The fourth-order valence-electron chi connectivity index (χ4n) is 3.23. The Bertz CT molecular complexity index is 763. The zero-order chi connectivity index (χ0) is 19.1. The molecule has 2 amide bonds. The van der Waals surface area contributed by atoms with Crippen molar-refractivity contribution in [3.63, 3.8) is 0 Å². The lowest BCUT2D eigenvalue weighted by molar-refractivity contribution is -0.126. The Kier molecular flexibility index (Phi) is 6.47. The van der Waals surface area contributed by atoms with E-state index in [1.54, 1.807) is 0 Å². The third-order valence-corrected chi connectivity index (χ3v) is 4.80. The van der Waals surface area contributed by atoms with Crippen molar-refractivity contribution < 1.29 is 9.59 Å². The first-order valence-corrected chi connectivity index (χ1v) is 9.57. The number of rotatable bonds is 6. The molecule has 3 rings (SSSR count). The van der Waals surface area contributed by atoms with Crippen molar-refractivity contribution in [2.75, 3.05) is 23.3 Å². The van der Waals surface area contributed by atoms with Gasteiger partial charge in [0.05, 0.1) is 0 Å². The van der Waals surface area contributed by atoms with Crippen LogP contribution in [0.25, 0.3) is 0 Å². The molecule has 1 saturated heterocycles. The van der Waals surface area contributed by atoms with Crippen LogP contribution in [0.4, 0.5) is 11.4 Å². The molecule has 0 radical (unpaired) electrons. The lowest BCUT2D eigenvalue weighted by Crippen LogP contribution is -2.29. The van der Waals surface area contributed by atoms with Crippen LogP contribution in [0.5, 0.6) is 0 Å². The second-order valence-corrected chi connectivity index (χ2v) is 7.08. The highest BCUT2D eigenvalue weighted by molar-refractivity contribution is 6.03. The van der Waals surface area contributed by atoms with Crippen molar-refractivity contribution in [2.24, 2.45) is 0 Å². The highest BCUT2D eigenvalue weighted by Gasteiger charge is 2.12. The Morgan fingerprint density at radius 3 is 2.22 bits per heavy atom. The van der Waals surface area contributed by atoms with Gasteiger partial charge in [0.2, 0.25) is 11.8 Å². The van der Waals surface area contributed by atoms with E-state index < -0.39 is 0 Å². The Morgan fingerprint density at radius 2 is 1.56 bits per heavy atom. The molecule has 2 aromatic rings. The van der Waals surface area contributed by atoms with Gasteiger partial charge < -0.3 is 15.5 Å². The van der Waals surface area contributed by atoms with Crippen LogP contribution in [0.15, 0.2) is 48.5 Å². The van der Waals surface area contributed by atoms with Gasteiger partial charge in [-0.3, -0.25) is 9.59 Å². The minimum Gasteiger partial charge on any atom is -0.372 e. The normalized spacial score (nSPS) is 13.9. The molecule has 0 spiro atoms. The number of aryl methyl sites for hydroxylation is 1. The lowest BCUT2D eigenvalue weighted by Gasteiger charge is -2.28. The van der Waals surface area contributed by atoms with Crippen LogP contribution < -0.4 is 15.5 Å². The maximum atomic E-state index is 12.1. The largest absolute Gasteiger partial charge is 0.372 e. The third-order valence-electron chi connectivity index (χ3n) is 4.80. The van der Waals surface area contributed by atoms with E-state index in [-0.39, 0.29) is 18.2 Å². The van der Waals surface area contributed by atoms with Gasteiger partial charge in [0.25, 0.3) is 0 Å². The summed E-state index contributed by atoms with van der Waals surface area (Å²) in [5, 5.41) is 5.57. The zero-order valence-electron chi connectivity index (χ0n) is 15.8. The van der Waals surface area contributed by atoms with E-state index in [0.717, 1.165) is 18.7 Å². The van der Waals surface area contributed by atoms with Gasteiger partial charge in [-0.1, -0.05) is 29.8 Å². The number of anilines is 2. The Labute approximate surface area is 160 Å². The minimum absolute atomic E-state index is 0.181. The van der Waals surface area contributed by atoms with Crippen LogP contribution in [0.2, 0.25) is 0 Å². The number of amides is 2. The molecule has 2 aromatic carbocycles. The predicted molar refractivity (Wildman–Crippen MR) is 109 cm³/mol. The summed E-state index contributed by atoms with van der Waals surface area (Å²) < 4.78 is 0. The smallest absolute Gasteiger partial charge is 0.233 e. The molecule has 1 aliphatic heterocycles. The van der Waals surface area contributed by atoms with Crippen molar-refractivity contribution in [3.05, 3.63) is 59.7 Å². The molecule has 0 atom stereocenters. The van der Waals surface area contributed by atoms with E-state index in [1.165, 1.54) is 30.5 Å². The highest BCUT2D eigenvalue weighted by atomic mass is 16.2. The Balaban J connectivity index is 1.44. The van der Waals surface area contributed by atoms with E-state index in [4.69, 9.17) is 0 Å². The number of nitrogens with one attached hydrogen (secondary N) is 2. The van der Waals surface area contributed by atoms with Crippen molar-refractivity contribution in [1.82, 2.24) is 5.32 Å². The first-order valence-electron chi connectivity index (χ1n) is 9.57. The van der Waals surface area contributed by atoms with Gasteiger partial charge in [-0.15, -0.1) is 0 Å². The molecule has 0 aliphatic carbocycles. The number of nitrogens with zero attached hydrogens (tertiary/aromatic N) is 1. The highest BCUT2D eigenvalue weighted by Crippen LogP contribution is 2.21. The quantitative estimate of drug-likeness (QED) is 0.769. The van der Waals surface area contributed by atoms with Crippen LogP contribution in [-0.2, 0) is 16.1 Å². The zero-order valence-corrected chi connectivity index (χ0v) is 15.8. The molecule has 1 fully saturated rings. The number of carbonyl (C=O) groups excluding carboxylic acids is 2. The van der Waals surface area contributed by atoms with E-state index in [9.17, 15) is 9.59 Å². The molecule has 5 heteroatoms. The molecular weight excluding hydrogens is 338 g/mol. The summed E-state index contributed by atoms with van der Waals surface area (Å²) in [6, 6.07) is 15.8. The topological polar surface area (TPSA) is 61.4 Å². The van der Waals surface area contributed by atoms with Crippen LogP contribution in [-0.4, -0.2) is 24.9 Å². The van der Waals surface area contributed by atoms with Crippen LogP contribution in [0.3, 0.4) is 0 Å². The van der Waals surface area contributed by atoms with Crippen LogP contribution in [0, 0.1) is 6.92 Å². The van der Waals surface area contributed by atoms with Crippen molar-refractivity contribution in [2.45, 2.75) is 39.2 Å². The molecule has 0 aromatic heterocycles. The fourth-order valence-corrected chi connectivity index (χ4v) is 3.23. The summed E-state index contributed by atoms with van der Waals surface area (Å²) in [5.41, 5.74) is 4.09. The summed E-state index contributed by atoms with van der Waals surface area (Å²) in [4.78, 5) is 26.4. The van der Waals surface area contributed by atoms with Crippen molar-refractivity contribution in [3.8, 4) is 0 Å². The number of hydrogen-bond acceptors (Lipinski definition) is 3. The molecule has 0 saturated carbocycles. The SMILES string of the molecule is Cc1ccc(CNC(=O)CC(=O)Nc2ccc(N3CCCCC3)cc2)cc1. The summed E-state index contributed by atoms with van der Waals surface area (Å²) in [7, 11) is 0. The second kappa shape index (κ2) is 9.21. The van der Waals surface area contributed by atoms with Gasteiger partial charge in [-0.05, 0) is 56.0 Å². The summed E-state index contributed by atoms with van der Waals surface area (Å²) in [6.07, 6.45) is 3.59. The van der Waals surface area contributed by atoms with Gasteiger partial charge >= 0.3 is 0 Å². The first kappa shape index (κ1) is 19.0. The molecule has 0 unspecified atom stereocenters. The van der Waals surface area contributed by atoms with Gasteiger partial charge in [0, 0.05) is 31.0 Å². The van der Waals surface area contributed by atoms with Crippen molar-refractivity contribution >= 4 is 23.2 Å². The van der Waals surface area contributed by atoms with E-state index in [0.29, 0.717) is 12.2 Å². The van der Waals surface area contributed by atoms with E-state index >= 15 is 0 Å². The third kappa shape index (κ3) is 5.84. The average molecular weight is 365 g/mol. The van der Waals surface area contributed by atoms with Gasteiger partial charge in [-0.2, -0.15) is 0 Å². The summed E-state index contributed by atoms with van der Waals surface area (Å²) in [5.74, 6) is -0.583. The predicted octanol–water partition coefficient (Wildman–Crippen LogP) is 3.63. The van der Waals surface area contributed by atoms with Crippen LogP contribution in [0.1, 0.15) is 36.8 Å². The van der Waals surface area contributed by atoms with E-state index in [2.05, 4.69) is 15.5 Å². The summed E-state index contributed by atoms with van der Waals surface area (Å²) in [6.45, 7) is 4.63. The Morgan fingerprint density at radius 1 is 0.889 bits per heavy atom. The molecule has 0 bridgehead atoms. The standard InChI is InChI=1S/C22H27N3O2/c1-17-5-7-18(8-6-17)16-23-21(26)15-22(27)24-19-9-11-20(12-10-19)25-13-3-2-4-14-25/h5-12H,2-4,13-16H2,1H3,(H,23,26)(H,24,27). The number of hydrogen-bond donors (Lipinski definition) is 2.